The lowest BCUT2D eigenvalue weighted by atomic mass is 10.2. The summed E-state index contributed by atoms with van der Waals surface area (Å²) in [5, 5.41) is 0. The largest absolute Gasteiger partial charge is 0.353 e. The predicted octanol–water partition coefficient (Wildman–Crippen LogP) is 1.33. The smallest absolute Gasteiger partial charge is 0.272 e. The van der Waals surface area contributed by atoms with Crippen molar-refractivity contribution in [3.05, 3.63) is 17.6 Å². The molecule has 7 nitrogen and oxygen atoms in total. The predicted molar refractivity (Wildman–Crippen MR) is 93.1 cm³/mol. The van der Waals surface area contributed by atoms with Crippen molar-refractivity contribution in [2.24, 2.45) is 0 Å². The molecule has 1 aromatic rings. The van der Waals surface area contributed by atoms with Crippen molar-refractivity contribution in [2.75, 3.05) is 44.2 Å². The molecule has 2 rings (SSSR count). The van der Waals surface area contributed by atoms with Crippen LogP contribution in [0.2, 0.25) is 0 Å². The standard InChI is InChI=1S/C17H27N5O2/c1-4-6-22(7-5-2)17(24)15-12-16(19-14(3)18-15)21-10-8-20(13-23)9-11-21/h12-13H,4-11H2,1-3H3. The fraction of sp³-hybridized carbons (Fsp3) is 0.647. The molecule has 0 aromatic carbocycles. The van der Waals surface area contributed by atoms with Crippen LogP contribution in [0, 0.1) is 6.92 Å². The highest BCUT2D eigenvalue weighted by atomic mass is 16.2. The van der Waals surface area contributed by atoms with E-state index >= 15 is 0 Å². The zero-order valence-electron chi connectivity index (χ0n) is 14.9. The summed E-state index contributed by atoms with van der Waals surface area (Å²) in [5.74, 6) is 1.34. The Morgan fingerprint density at radius 1 is 1.17 bits per heavy atom. The minimum Gasteiger partial charge on any atom is -0.353 e. The van der Waals surface area contributed by atoms with Crippen molar-refractivity contribution < 1.29 is 9.59 Å². The number of hydrogen-bond acceptors (Lipinski definition) is 5. The van der Waals surface area contributed by atoms with Gasteiger partial charge in [-0.15, -0.1) is 0 Å². The number of piperazine rings is 1. The van der Waals surface area contributed by atoms with Gasteiger partial charge in [0.25, 0.3) is 5.91 Å². The van der Waals surface area contributed by atoms with Gasteiger partial charge in [-0.05, 0) is 19.8 Å². The first-order chi connectivity index (χ1) is 11.6. The molecule has 0 N–H and O–H groups in total. The lowest BCUT2D eigenvalue weighted by Crippen LogP contribution is -2.46. The van der Waals surface area contributed by atoms with Crippen LogP contribution in [0.25, 0.3) is 0 Å². The molecule has 0 aliphatic carbocycles. The quantitative estimate of drug-likeness (QED) is 0.704. The highest BCUT2D eigenvalue weighted by molar-refractivity contribution is 5.93. The number of aryl methyl sites for hydroxylation is 1. The number of rotatable bonds is 7. The molecule has 1 aliphatic rings. The Hall–Kier alpha value is -2.18. The normalized spacial score (nSPS) is 14.6. The third-order valence-electron chi connectivity index (χ3n) is 4.11. The summed E-state index contributed by atoms with van der Waals surface area (Å²) in [6, 6.07) is 1.78. The van der Waals surface area contributed by atoms with Crippen LogP contribution in [-0.4, -0.2) is 71.4 Å². The second-order valence-electron chi connectivity index (χ2n) is 6.08. The number of nitrogens with zero attached hydrogens (tertiary/aromatic N) is 5. The summed E-state index contributed by atoms with van der Waals surface area (Å²) in [6.45, 7) is 10.2. The molecule has 2 amide bonds. The molecular weight excluding hydrogens is 306 g/mol. The van der Waals surface area contributed by atoms with Gasteiger partial charge in [0, 0.05) is 45.3 Å². The van der Waals surface area contributed by atoms with Crippen molar-refractivity contribution in [1.29, 1.82) is 0 Å². The van der Waals surface area contributed by atoms with Gasteiger partial charge >= 0.3 is 0 Å². The maximum atomic E-state index is 12.8. The molecule has 24 heavy (non-hydrogen) atoms. The van der Waals surface area contributed by atoms with Crippen LogP contribution in [0.5, 0.6) is 0 Å². The summed E-state index contributed by atoms with van der Waals surface area (Å²) >= 11 is 0. The Kier molecular flexibility index (Phi) is 6.52. The average molecular weight is 333 g/mol. The summed E-state index contributed by atoms with van der Waals surface area (Å²) in [6.07, 6.45) is 2.73. The van der Waals surface area contributed by atoms with Gasteiger partial charge in [-0.2, -0.15) is 0 Å². The second kappa shape index (κ2) is 8.61. The lowest BCUT2D eigenvalue weighted by molar-refractivity contribution is -0.118. The Bertz CT molecular complexity index is 564. The summed E-state index contributed by atoms with van der Waals surface area (Å²) in [5.41, 5.74) is 0.456. The fourth-order valence-electron chi connectivity index (χ4n) is 2.90. The molecule has 1 fully saturated rings. The van der Waals surface area contributed by atoms with Gasteiger partial charge in [0.2, 0.25) is 6.41 Å². The highest BCUT2D eigenvalue weighted by Crippen LogP contribution is 2.16. The monoisotopic (exact) mass is 333 g/mol. The first kappa shape index (κ1) is 18.2. The van der Waals surface area contributed by atoms with Crippen molar-refractivity contribution in [1.82, 2.24) is 19.8 Å². The van der Waals surface area contributed by atoms with E-state index in [0.29, 0.717) is 24.6 Å². The van der Waals surface area contributed by atoms with E-state index in [1.54, 1.807) is 11.0 Å². The minimum absolute atomic E-state index is 0.0306. The Balaban J connectivity index is 2.18. The van der Waals surface area contributed by atoms with Gasteiger partial charge in [0.1, 0.15) is 17.3 Å². The highest BCUT2D eigenvalue weighted by Gasteiger charge is 2.21. The lowest BCUT2D eigenvalue weighted by Gasteiger charge is -2.33. The number of carbonyl (C=O) groups excluding carboxylic acids is 2. The van der Waals surface area contributed by atoms with Gasteiger partial charge in [0.15, 0.2) is 0 Å². The average Bonchev–Trinajstić information content (AvgIpc) is 2.60. The van der Waals surface area contributed by atoms with E-state index in [0.717, 1.165) is 51.2 Å². The SMILES string of the molecule is CCCN(CCC)C(=O)c1cc(N2CCN(C=O)CC2)nc(C)n1. The van der Waals surface area contributed by atoms with E-state index in [4.69, 9.17) is 0 Å². The molecular formula is C17H27N5O2. The van der Waals surface area contributed by atoms with Gasteiger partial charge in [0.05, 0.1) is 0 Å². The third-order valence-corrected chi connectivity index (χ3v) is 4.11. The van der Waals surface area contributed by atoms with Crippen molar-refractivity contribution >= 4 is 18.1 Å². The number of amides is 2. The van der Waals surface area contributed by atoms with E-state index < -0.39 is 0 Å². The summed E-state index contributed by atoms with van der Waals surface area (Å²) in [4.78, 5) is 38.1. The molecule has 132 valence electrons. The third kappa shape index (κ3) is 4.43. The molecule has 0 saturated carbocycles. The number of anilines is 1. The first-order valence-electron chi connectivity index (χ1n) is 8.68. The second-order valence-corrected chi connectivity index (χ2v) is 6.08. The van der Waals surface area contributed by atoms with E-state index in [9.17, 15) is 9.59 Å². The molecule has 0 bridgehead atoms. The van der Waals surface area contributed by atoms with Gasteiger partial charge < -0.3 is 14.7 Å². The molecule has 0 spiro atoms. The number of carbonyl (C=O) groups is 2. The molecule has 7 heteroatoms. The molecule has 1 saturated heterocycles. The molecule has 0 atom stereocenters. The molecule has 1 aliphatic heterocycles. The maximum absolute atomic E-state index is 12.8. The topological polar surface area (TPSA) is 69.6 Å². The zero-order valence-corrected chi connectivity index (χ0v) is 14.9. The van der Waals surface area contributed by atoms with Crippen LogP contribution in [0.3, 0.4) is 0 Å². The van der Waals surface area contributed by atoms with Crippen LogP contribution < -0.4 is 4.90 Å². The van der Waals surface area contributed by atoms with Crippen molar-refractivity contribution in [3.63, 3.8) is 0 Å². The van der Waals surface area contributed by atoms with Crippen LogP contribution >= 0.6 is 0 Å². The van der Waals surface area contributed by atoms with E-state index in [1.165, 1.54) is 0 Å². The van der Waals surface area contributed by atoms with Crippen molar-refractivity contribution in [2.45, 2.75) is 33.6 Å². The number of aromatic nitrogens is 2. The fourth-order valence-corrected chi connectivity index (χ4v) is 2.90. The van der Waals surface area contributed by atoms with Crippen molar-refractivity contribution in [3.8, 4) is 0 Å². The molecule has 0 unspecified atom stereocenters. The van der Waals surface area contributed by atoms with E-state index in [-0.39, 0.29) is 5.91 Å². The summed E-state index contributed by atoms with van der Waals surface area (Å²) < 4.78 is 0. The number of hydrogen-bond donors (Lipinski definition) is 0. The maximum Gasteiger partial charge on any atom is 0.272 e. The van der Waals surface area contributed by atoms with Gasteiger partial charge in [-0.25, -0.2) is 9.97 Å². The minimum atomic E-state index is -0.0306. The van der Waals surface area contributed by atoms with Crippen LogP contribution in [0.1, 0.15) is 43.0 Å². The van der Waals surface area contributed by atoms with Crippen LogP contribution in [0.15, 0.2) is 6.07 Å². The van der Waals surface area contributed by atoms with Gasteiger partial charge in [-0.1, -0.05) is 13.8 Å². The Labute approximate surface area is 143 Å². The first-order valence-corrected chi connectivity index (χ1v) is 8.68. The molecule has 0 radical (unpaired) electrons. The zero-order chi connectivity index (χ0) is 17.5. The van der Waals surface area contributed by atoms with Crippen LogP contribution in [0.4, 0.5) is 5.82 Å². The molecule has 2 heterocycles. The summed E-state index contributed by atoms with van der Waals surface area (Å²) in [7, 11) is 0. The van der Waals surface area contributed by atoms with E-state index in [1.807, 2.05) is 11.8 Å². The Morgan fingerprint density at radius 2 is 1.79 bits per heavy atom. The Morgan fingerprint density at radius 3 is 2.33 bits per heavy atom. The molecule has 1 aromatic heterocycles. The van der Waals surface area contributed by atoms with Gasteiger partial charge in [-0.3, -0.25) is 9.59 Å². The van der Waals surface area contributed by atoms with Crippen LogP contribution in [-0.2, 0) is 4.79 Å². The van der Waals surface area contributed by atoms with E-state index in [2.05, 4.69) is 28.7 Å².